The van der Waals surface area contributed by atoms with E-state index in [2.05, 4.69) is 9.97 Å². The van der Waals surface area contributed by atoms with Gasteiger partial charge in [-0.05, 0) is 30.3 Å². The van der Waals surface area contributed by atoms with Crippen molar-refractivity contribution in [2.75, 3.05) is 0 Å². The summed E-state index contributed by atoms with van der Waals surface area (Å²) in [5, 5.41) is 9.74. The van der Waals surface area contributed by atoms with Gasteiger partial charge in [-0.25, -0.2) is 9.78 Å². The Morgan fingerprint density at radius 1 is 1.09 bits per heavy atom. The number of carbonyl (C=O) groups is 1. The van der Waals surface area contributed by atoms with Crippen LogP contribution in [0.4, 0.5) is 0 Å². The summed E-state index contributed by atoms with van der Waals surface area (Å²) >= 11 is 1.37. The Bertz CT molecular complexity index is 947. The lowest BCUT2D eigenvalue weighted by Crippen LogP contribution is -2.06. The molecule has 0 spiro atoms. The maximum Gasteiger partial charge on any atom is 0.328 e. The van der Waals surface area contributed by atoms with Gasteiger partial charge in [0.05, 0.1) is 16.8 Å². The second kappa shape index (κ2) is 5.87. The van der Waals surface area contributed by atoms with Gasteiger partial charge in [-0.1, -0.05) is 18.2 Å². The van der Waals surface area contributed by atoms with Crippen LogP contribution in [-0.4, -0.2) is 21.0 Å². The minimum atomic E-state index is -1.04. The molecule has 108 valence electrons. The van der Waals surface area contributed by atoms with Crippen LogP contribution in [0.2, 0.25) is 0 Å². The van der Waals surface area contributed by atoms with E-state index in [0.717, 1.165) is 10.8 Å². The van der Waals surface area contributed by atoms with Crippen molar-refractivity contribution in [3.8, 4) is 10.7 Å². The van der Waals surface area contributed by atoms with Crippen molar-refractivity contribution in [2.24, 2.45) is 0 Å². The number of aromatic nitrogens is 2. The predicted octanol–water partition coefficient (Wildman–Crippen LogP) is 2.82. The number of aliphatic carboxylic acids is 1. The molecule has 2 aromatic heterocycles. The molecule has 0 aliphatic rings. The fraction of sp³-hybridized carbons (Fsp3) is 0. The van der Waals surface area contributed by atoms with Crippen molar-refractivity contribution in [2.45, 2.75) is 0 Å². The summed E-state index contributed by atoms with van der Waals surface area (Å²) in [6.45, 7) is 0. The number of hydrogen-bond acceptors (Lipinski definition) is 5. The molecule has 1 N–H and O–H groups in total. The van der Waals surface area contributed by atoms with E-state index in [4.69, 9.17) is 5.11 Å². The van der Waals surface area contributed by atoms with Crippen LogP contribution < -0.4 is 5.56 Å². The lowest BCUT2D eigenvalue weighted by Gasteiger charge is -2.02. The summed E-state index contributed by atoms with van der Waals surface area (Å²) in [4.78, 5) is 31.0. The van der Waals surface area contributed by atoms with Gasteiger partial charge >= 0.3 is 5.97 Å². The summed E-state index contributed by atoms with van der Waals surface area (Å²) in [5.41, 5.74) is 0.743. The Hall–Kier alpha value is -2.86. The standard InChI is InChI=1S/C16H10N2O3S/c19-14(20)9-8-10-4-3-6-12(17-10)16-18-15(21)11-5-1-2-7-13(11)22-16/h1-9H,(H,19,20). The van der Waals surface area contributed by atoms with Gasteiger partial charge in [0, 0.05) is 10.8 Å². The van der Waals surface area contributed by atoms with Crippen LogP contribution in [-0.2, 0) is 4.79 Å². The average Bonchev–Trinajstić information content (AvgIpc) is 2.53. The van der Waals surface area contributed by atoms with Gasteiger partial charge in [0.1, 0.15) is 5.01 Å². The van der Waals surface area contributed by atoms with Crippen molar-refractivity contribution >= 4 is 33.5 Å². The minimum absolute atomic E-state index is 0.294. The number of pyridine rings is 1. The van der Waals surface area contributed by atoms with Crippen LogP contribution >= 0.6 is 11.3 Å². The van der Waals surface area contributed by atoms with Crippen LogP contribution in [0.15, 0.2) is 53.3 Å². The molecule has 0 bridgehead atoms. The van der Waals surface area contributed by atoms with E-state index < -0.39 is 5.97 Å². The zero-order valence-electron chi connectivity index (χ0n) is 11.3. The molecule has 0 saturated carbocycles. The number of carboxylic acid groups (broad SMARTS) is 1. The maximum absolute atomic E-state index is 12.0. The van der Waals surface area contributed by atoms with E-state index in [1.54, 1.807) is 30.3 Å². The predicted molar refractivity (Wildman–Crippen MR) is 85.8 cm³/mol. The van der Waals surface area contributed by atoms with Gasteiger partial charge in [-0.15, -0.1) is 11.3 Å². The first-order chi connectivity index (χ1) is 10.6. The zero-order valence-corrected chi connectivity index (χ0v) is 12.1. The SMILES string of the molecule is O=C(O)C=Cc1cccc(-c2nc(=O)c3ccccc3s2)n1. The lowest BCUT2D eigenvalue weighted by molar-refractivity contribution is -0.131. The van der Waals surface area contributed by atoms with Crippen molar-refractivity contribution in [1.82, 2.24) is 9.97 Å². The molecule has 0 radical (unpaired) electrons. The quantitative estimate of drug-likeness (QED) is 0.752. The molecular formula is C16H10N2O3S. The molecule has 1 aromatic carbocycles. The Morgan fingerprint density at radius 2 is 1.91 bits per heavy atom. The molecule has 0 atom stereocenters. The largest absolute Gasteiger partial charge is 0.478 e. The highest BCUT2D eigenvalue weighted by molar-refractivity contribution is 7.21. The van der Waals surface area contributed by atoms with Gasteiger partial charge < -0.3 is 5.11 Å². The van der Waals surface area contributed by atoms with E-state index in [9.17, 15) is 9.59 Å². The number of carboxylic acids is 1. The van der Waals surface area contributed by atoms with Crippen molar-refractivity contribution in [1.29, 1.82) is 0 Å². The monoisotopic (exact) mass is 310 g/mol. The third-order valence-electron chi connectivity index (χ3n) is 2.91. The first kappa shape index (κ1) is 14.1. The smallest absolute Gasteiger partial charge is 0.328 e. The van der Waals surface area contributed by atoms with E-state index in [1.165, 1.54) is 17.4 Å². The van der Waals surface area contributed by atoms with Crippen LogP contribution in [0.3, 0.4) is 0 Å². The summed E-state index contributed by atoms with van der Waals surface area (Å²) < 4.78 is 0.839. The highest BCUT2D eigenvalue weighted by atomic mass is 32.1. The fourth-order valence-electron chi connectivity index (χ4n) is 1.94. The fourth-order valence-corrected chi connectivity index (χ4v) is 2.91. The molecule has 5 nitrogen and oxygen atoms in total. The Kier molecular flexibility index (Phi) is 3.76. The third-order valence-corrected chi connectivity index (χ3v) is 3.98. The zero-order chi connectivity index (χ0) is 15.5. The van der Waals surface area contributed by atoms with E-state index in [-0.39, 0.29) is 5.56 Å². The number of rotatable bonds is 3. The summed E-state index contributed by atoms with van der Waals surface area (Å²) in [6, 6.07) is 12.4. The normalized spacial score (nSPS) is 11.1. The molecule has 0 unspecified atom stereocenters. The number of hydrogen-bond donors (Lipinski definition) is 1. The Labute approximate surface area is 129 Å². The van der Waals surface area contributed by atoms with Gasteiger partial charge in [0.25, 0.3) is 5.56 Å². The highest BCUT2D eigenvalue weighted by Crippen LogP contribution is 2.24. The molecule has 2 heterocycles. The van der Waals surface area contributed by atoms with E-state index >= 15 is 0 Å². The highest BCUT2D eigenvalue weighted by Gasteiger charge is 2.07. The molecule has 3 aromatic rings. The van der Waals surface area contributed by atoms with Gasteiger partial charge in [-0.3, -0.25) is 4.79 Å². The lowest BCUT2D eigenvalue weighted by atomic mass is 10.2. The molecule has 3 rings (SSSR count). The molecular weight excluding hydrogens is 300 g/mol. The first-order valence-corrected chi connectivity index (χ1v) is 7.23. The van der Waals surface area contributed by atoms with Crippen LogP contribution in [0.25, 0.3) is 26.9 Å². The maximum atomic E-state index is 12.0. The van der Waals surface area contributed by atoms with Gasteiger partial charge in [0.2, 0.25) is 0 Å². The second-order valence-corrected chi connectivity index (χ2v) is 5.47. The molecule has 0 aliphatic heterocycles. The Balaban J connectivity index is 2.10. The number of benzene rings is 1. The van der Waals surface area contributed by atoms with Crippen molar-refractivity contribution in [3.63, 3.8) is 0 Å². The summed E-state index contributed by atoms with van der Waals surface area (Å²) in [7, 11) is 0. The average molecular weight is 310 g/mol. The van der Waals surface area contributed by atoms with E-state index in [0.29, 0.717) is 21.8 Å². The van der Waals surface area contributed by atoms with Crippen molar-refractivity contribution in [3.05, 3.63) is 64.6 Å². The first-order valence-electron chi connectivity index (χ1n) is 6.42. The molecule has 0 amide bonds. The number of nitrogens with zero attached hydrogens (tertiary/aromatic N) is 2. The minimum Gasteiger partial charge on any atom is -0.478 e. The second-order valence-electron chi connectivity index (χ2n) is 4.44. The van der Waals surface area contributed by atoms with Crippen molar-refractivity contribution < 1.29 is 9.90 Å². The molecule has 0 aliphatic carbocycles. The van der Waals surface area contributed by atoms with Crippen LogP contribution in [0.1, 0.15) is 5.69 Å². The third kappa shape index (κ3) is 2.91. The van der Waals surface area contributed by atoms with Crippen LogP contribution in [0.5, 0.6) is 0 Å². The topological polar surface area (TPSA) is 80.1 Å². The molecule has 6 heteroatoms. The molecule has 0 fully saturated rings. The Morgan fingerprint density at radius 3 is 2.73 bits per heavy atom. The van der Waals surface area contributed by atoms with Gasteiger partial charge in [-0.2, -0.15) is 4.98 Å². The molecule has 22 heavy (non-hydrogen) atoms. The summed E-state index contributed by atoms with van der Waals surface area (Å²) in [6.07, 6.45) is 2.41. The van der Waals surface area contributed by atoms with E-state index in [1.807, 2.05) is 12.1 Å². The van der Waals surface area contributed by atoms with Gasteiger partial charge in [0.15, 0.2) is 0 Å². The number of fused-ring (bicyclic) bond motifs is 1. The molecule has 0 saturated heterocycles. The van der Waals surface area contributed by atoms with Crippen LogP contribution in [0, 0.1) is 0 Å². The summed E-state index contributed by atoms with van der Waals surface area (Å²) in [5.74, 6) is -1.04.